The Morgan fingerprint density at radius 1 is 0.913 bits per heavy atom. The molecule has 1 aromatic heterocycles. The molecule has 0 aliphatic carbocycles. The number of hydrogen-bond acceptors (Lipinski definition) is 5. The molecular weight excluding hydrogens is 302 g/mol. The van der Waals surface area contributed by atoms with Gasteiger partial charge in [-0.25, -0.2) is 0 Å². The minimum Gasteiger partial charge on any atom is -0.619 e. The molecule has 3 rings (SSSR count). The fourth-order valence-corrected chi connectivity index (χ4v) is 2.01. The minimum absolute atomic E-state index is 0.250. The molecule has 0 saturated heterocycles. The number of amides is 2. The first-order valence-corrected chi connectivity index (χ1v) is 6.82. The van der Waals surface area contributed by atoms with Crippen LogP contribution in [0, 0.1) is 5.21 Å². The second kappa shape index (κ2) is 6.22. The molecule has 8 nitrogen and oxygen atoms in total. The number of fused-ring (bicyclic) bond motifs is 1. The summed E-state index contributed by atoms with van der Waals surface area (Å²) in [5.41, 5.74) is 5.14. The van der Waals surface area contributed by atoms with Crippen molar-refractivity contribution < 1.29 is 23.8 Å². The number of pyridine rings is 1. The molecule has 2 N–H and O–H groups in total. The molecule has 0 saturated carbocycles. The molecule has 0 fully saturated rings. The van der Waals surface area contributed by atoms with E-state index in [-0.39, 0.29) is 5.56 Å². The zero-order valence-corrected chi connectivity index (χ0v) is 11.9. The van der Waals surface area contributed by atoms with E-state index in [0.29, 0.717) is 35.0 Å². The van der Waals surface area contributed by atoms with Crippen molar-refractivity contribution in [3.63, 3.8) is 0 Å². The third-order valence-electron chi connectivity index (χ3n) is 3.16. The highest BCUT2D eigenvalue weighted by Gasteiger charge is 2.15. The number of nitrogens with zero attached hydrogens (tertiary/aromatic N) is 1. The van der Waals surface area contributed by atoms with Crippen LogP contribution < -0.4 is 25.1 Å². The van der Waals surface area contributed by atoms with Gasteiger partial charge in [0, 0.05) is 17.7 Å². The monoisotopic (exact) mass is 315 g/mol. The van der Waals surface area contributed by atoms with Crippen molar-refractivity contribution in [1.29, 1.82) is 0 Å². The predicted molar refractivity (Wildman–Crippen MR) is 77.8 cm³/mol. The zero-order chi connectivity index (χ0) is 16.2. The van der Waals surface area contributed by atoms with Crippen molar-refractivity contribution >= 4 is 11.8 Å². The standard InChI is InChI=1S/C15H13N3O5/c19-14(10-3-5-18(21)6-4-10)16-17-15(20)11-1-2-12-13(9-11)23-8-7-22-12/h1-6,9H,7-8H2,(H,16,19)(H,17,20). The Balaban J connectivity index is 1.63. The van der Waals surface area contributed by atoms with E-state index in [0.717, 1.165) is 0 Å². The van der Waals surface area contributed by atoms with Crippen LogP contribution in [-0.2, 0) is 0 Å². The molecule has 0 bridgehead atoms. The van der Waals surface area contributed by atoms with E-state index >= 15 is 0 Å². The third-order valence-corrected chi connectivity index (χ3v) is 3.16. The predicted octanol–water partition coefficient (Wildman–Crippen LogP) is 0.166. The van der Waals surface area contributed by atoms with Crippen LogP contribution >= 0.6 is 0 Å². The first kappa shape index (κ1) is 14.6. The quantitative estimate of drug-likeness (QED) is 0.467. The Kier molecular flexibility index (Phi) is 3.96. The zero-order valence-electron chi connectivity index (χ0n) is 11.9. The third kappa shape index (κ3) is 3.31. The average Bonchev–Trinajstić information content (AvgIpc) is 2.59. The summed E-state index contributed by atoms with van der Waals surface area (Å²) in [6.07, 6.45) is 2.38. The Morgan fingerprint density at radius 2 is 1.52 bits per heavy atom. The number of rotatable bonds is 2. The van der Waals surface area contributed by atoms with E-state index in [1.807, 2.05) is 0 Å². The van der Waals surface area contributed by atoms with Gasteiger partial charge in [-0.15, -0.1) is 0 Å². The molecule has 2 amide bonds. The highest BCUT2D eigenvalue weighted by atomic mass is 16.6. The smallest absolute Gasteiger partial charge is 0.270 e. The van der Waals surface area contributed by atoms with Crippen LogP contribution in [0.5, 0.6) is 11.5 Å². The molecule has 1 aromatic carbocycles. The van der Waals surface area contributed by atoms with Gasteiger partial charge in [-0.1, -0.05) is 0 Å². The van der Waals surface area contributed by atoms with Gasteiger partial charge < -0.3 is 14.7 Å². The van der Waals surface area contributed by atoms with Crippen molar-refractivity contribution in [3.8, 4) is 11.5 Å². The molecule has 23 heavy (non-hydrogen) atoms. The number of nitrogens with one attached hydrogen (secondary N) is 2. The van der Waals surface area contributed by atoms with Crippen LogP contribution in [0.4, 0.5) is 0 Å². The minimum atomic E-state index is -0.531. The number of ether oxygens (including phenoxy) is 2. The topological polar surface area (TPSA) is 104 Å². The lowest BCUT2D eigenvalue weighted by molar-refractivity contribution is -0.605. The number of hydrogen-bond donors (Lipinski definition) is 2. The van der Waals surface area contributed by atoms with Gasteiger partial charge in [0.05, 0.1) is 5.56 Å². The van der Waals surface area contributed by atoms with Gasteiger partial charge in [0.25, 0.3) is 11.8 Å². The molecule has 0 unspecified atom stereocenters. The Hall–Kier alpha value is -3.29. The Morgan fingerprint density at radius 3 is 2.22 bits per heavy atom. The van der Waals surface area contributed by atoms with Crippen LogP contribution in [0.25, 0.3) is 0 Å². The number of carbonyl (C=O) groups is 2. The van der Waals surface area contributed by atoms with Gasteiger partial charge in [0.15, 0.2) is 23.9 Å². The van der Waals surface area contributed by atoms with E-state index in [1.54, 1.807) is 18.2 Å². The van der Waals surface area contributed by atoms with Crippen molar-refractivity contribution in [2.24, 2.45) is 0 Å². The highest BCUT2D eigenvalue weighted by Crippen LogP contribution is 2.30. The normalized spacial score (nSPS) is 12.3. The molecule has 0 spiro atoms. The van der Waals surface area contributed by atoms with Gasteiger partial charge in [-0.05, 0) is 18.2 Å². The second-order valence-corrected chi connectivity index (χ2v) is 4.71. The highest BCUT2D eigenvalue weighted by molar-refractivity contribution is 5.99. The molecule has 118 valence electrons. The van der Waals surface area contributed by atoms with Gasteiger partial charge in [-0.2, -0.15) is 4.73 Å². The SMILES string of the molecule is O=C(NNC(=O)c1ccc2c(c1)OCCO2)c1cc[n+]([O-])cc1. The summed E-state index contributed by atoms with van der Waals surface area (Å²) in [6.45, 7) is 0.886. The van der Waals surface area contributed by atoms with E-state index < -0.39 is 11.8 Å². The summed E-state index contributed by atoms with van der Waals surface area (Å²) >= 11 is 0. The van der Waals surface area contributed by atoms with Crippen LogP contribution in [0.1, 0.15) is 20.7 Å². The van der Waals surface area contributed by atoms with Crippen LogP contribution in [0.2, 0.25) is 0 Å². The Bertz CT molecular complexity index is 745. The van der Waals surface area contributed by atoms with Crippen LogP contribution in [-0.4, -0.2) is 25.0 Å². The van der Waals surface area contributed by atoms with Gasteiger partial charge >= 0.3 is 0 Å². The molecule has 2 heterocycles. The van der Waals surface area contributed by atoms with Crippen molar-refractivity contribution in [2.45, 2.75) is 0 Å². The largest absolute Gasteiger partial charge is 0.619 e. The van der Waals surface area contributed by atoms with Crippen molar-refractivity contribution in [2.75, 3.05) is 13.2 Å². The molecule has 2 aromatic rings. The summed E-state index contributed by atoms with van der Waals surface area (Å²) in [7, 11) is 0. The summed E-state index contributed by atoms with van der Waals surface area (Å²) in [5.74, 6) is 0.0342. The number of hydrazine groups is 1. The van der Waals surface area contributed by atoms with Crippen LogP contribution in [0.3, 0.4) is 0 Å². The number of aromatic nitrogens is 1. The lowest BCUT2D eigenvalue weighted by atomic mass is 10.2. The van der Waals surface area contributed by atoms with Gasteiger partial charge in [0.2, 0.25) is 0 Å². The molecule has 0 radical (unpaired) electrons. The van der Waals surface area contributed by atoms with Crippen molar-refractivity contribution in [1.82, 2.24) is 10.9 Å². The van der Waals surface area contributed by atoms with Gasteiger partial charge in [-0.3, -0.25) is 20.4 Å². The van der Waals surface area contributed by atoms with Crippen molar-refractivity contribution in [3.05, 3.63) is 59.1 Å². The molecule has 8 heteroatoms. The van der Waals surface area contributed by atoms with E-state index in [2.05, 4.69) is 10.9 Å². The van der Waals surface area contributed by atoms with E-state index in [9.17, 15) is 14.8 Å². The summed E-state index contributed by atoms with van der Waals surface area (Å²) in [6, 6.07) is 7.43. The second-order valence-electron chi connectivity index (χ2n) is 4.71. The van der Waals surface area contributed by atoms with Crippen LogP contribution in [0.15, 0.2) is 42.7 Å². The number of benzene rings is 1. The summed E-state index contributed by atoms with van der Waals surface area (Å²) in [5, 5.41) is 10.9. The summed E-state index contributed by atoms with van der Waals surface area (Å²) in [4.78, 5) is 23.9. The first-order valence-electron chi connectivity index (χ1n) is 6.82. The molecular formula is C15H13N3O5. The maximum absolute atomic E-state index is 12.0. The fourth-order valence-electron chi connectivity index (χ4n) is 2.01. The maximum atomic E-state index is 12.0. The summed E-state index contributed by atoms with van der Waals surface area (Å²) < 4.78 is 11.3. The lowest BCUT2D eigenvalue weighted by Crippen LogP contribution is -2.42. The number of carbonyl (C=O) groups excluding carboxylic acids is 2. The molecule has 1 aliphatic rings. The van der Waals surface area contributed by atoms with Gasteiger partial charge in [0.1, 0.15) is 13.2 Å². The fraction of sp³-hybridized carbons (Fsp3) is 0.133. The lowest BCUT2D eigenvalue weighted by Gasteiger charge is -2.18. The molecule has 1 aliphatic heterocycles. The molecule has 0 atom stereocenters. The van der Waals surface area contributed by atoms with E-state index in [1.165, 1.54) is 24.5 Å². The first-order chi connectivity index (χ1) is 11.1. The Labute approximate surface area is 131 Å². The average molecular weight is 315 g/mol. The maximum Gasteiger partial charge on any atom is 0.270 e. The van der Waals surface area contributed by atoms with E-state index in [4.69, 9.17) is 9.47 Å².